The lowest BCUT2D eigenvalue weighted by molar-refractivity contribution is -0.296. The van der Waals surface area contributed by atoms with E-state index < -0.39 is 81.5 Å². The fourth-order valence-electron chi connectivity index (χ4n) is 9.02. The fourth-order valence-corrected chi connectivity index (χ4v) is 9.64. The first-order chi connectivity index (χ1) is 28.7. The molecule has 0 unspecified atom stereocenters. The number of ketones is 1. The Morgan fingerprint density at radius 2 is 1.73 bits per heavy atom. The summed E-state index contributed by atoms with van der Waals surface area (Å²) in [6.45, 7) is 15.5. The van der Waals surface area contributed by atoms with E-state index in [1.807, 2.05) is 57.7 Å². The van der Waals surface area contributed by atoms with E-state index in [0.29, 0.717) is 41.8 Å². The lowest BCUT2D eigenvalue weighted by Gasteiger charge is -2.46. The van der Waals surface area contributed by atoms with Crippen LogP contribution in [0, 0.1) is 24.7 Å². The number of hydrogen-bond donors (Lipinski definition) is 4. The van der Waals surface area contributed by atoms with Crippen LogP contribution in [0.1, 0.15) is 108 Å². The number of nitrogens with zero attached hydrogens (tertiary/aromatic N) is 2. The van der Waals surface area contributed by atoms with Gasteiger partial charge in [0.25, 0.3) is 0 Å². The number of fused-ring (bicyclic) bond motifs is 1. The molecule has 1 aromatic rings. The largest absolute Gasteiger partial charge is 0.507 e. The van der Waals surface area contributed by atoms with Crippen LogP contribution in [0.2, 0.25) is 0 Å². The van der Waals surface area contributed by atoms with Crippen molar-refractivity contribution >= 4 is 46.3 Å². The number of likely N-dealkylation sites (N-methyl/N-ethyl adjacent to an activating group) is 2. The Labute approximate surface area is 379 Å². The molecular weight excluding hydrogens is 919 g/mol. The molecule has 3 aliphatic rings. The normalized spacial score (nSPS) is 35.7. The second kappa shape index (κ2) is 20.9. The second-order valence-electron chi connectivity index (χ2n) is 18.4. The Bertz CT molecular complexity index is 1830. The van der Waals surface area contributed by atoms with Crippen molar-refractivity contribution in [2.45, 2.75) is 159 Å². The van der Waals surface area contributed by atoms with Gasteiger partial charge in [-0.1, -0.05) is 25.5 Å². The van der Waals surface area contributed by atoms with Crippen molar-refractivity contribution in [2.75, 3.05) is 34.8 Å². The van der Waals surface area contributed by atoms with Gasteiger partial charge in [-0.3, -0.25) is 14.4 Å². The Balaban J connectivity index is 1.60. The topological polar surface area (TPSA) is 211 Å². The molecule has 13 atom stereocenters. The number of benzene rings is 1. The molecule has 0 radical (unpaired) electrons. The van der Waals surface area contributed by atoms with E-state index in [1.165, 1.54) is 21.0 Å². The molecular formula is C45H69IN2O14. The molecule has 0 aliphatic carbocycles. The standard InChI is InChI=1S/C45H69IN2O14/c1-22(14-16-29-35(51)33-30(21-58-41(33)54)25(4)36(29)57-13)15-17-32(49)60-37-31(47(10)11)18-24(3)59-42(37)61-39-26(5)34(50)27(6)40(53)62-43(46)45(9,56)38(52)28(7)48(12)20-23(2)19-44(39,8)55/h14,23-24,26-28,31,37-39,42-43,51-52,55-56H,15-21H2,1-13H3/b22-14+/t23-,24-,26+,27-,28-,31+,37-,38-,39-,42+,43+,44-,45+/m1/s1. The van der Waals surface area contributed by atoms with Gasteiger partial charge in [-0.2, -0.15) is 0 Å². The number of alkyl halides is 1. The Morgan fingerprint density at radius 3 is 2.34 bits per heavy atom. The molecule has 0 saturated carbocycles. The van der Waals surface area contributed by atoms with Crippen LogP contribution < -0.4 is 4.74 Å². The Morgan fingerprint density at radius 1 is 1.08 bits per heavy atom. The number of aliphatic hydroxyl groups excluding tert-OH is 1. The zero-order valence-corrected chi connectivity index (χ0v) is 40.7. The van der Waals surface area contributed by atoms with Crippen molar-refractivity contribution in [3.8, 4) is 11.5 Å². The van der Waals surface area contributed by atoms with Crippen LogP contribution in [0.3, 0.4) is 0 Å². The molecule has 3 aliphatic heterocycles. The molecule has 4 rings (SSSR count). The summed E-state index contributed by atoms with van der Waals surface area (Å²) in [6.07, 6.45) is -2.19. The number of carbonyl (C=O) groups is 4. The molecule has 62 heavy (non-hydrogen) atoms. The molecule has 0 bridgehead atoms. The van der Waals surface area contributed by atoms with E-state index >= 15 is 0 Å². The summed E-state index contributed by atoms with van der Waals surface area (Å²) >= 11 is 1.75. The van der Waals surface area contributed by atoms with E-state index in [9.17, 15) is 39.6 Å². The quantitative estimate of drug-likeness (QED) is 0.0640. The molecule has 1 aromatic carbocycles. The van der Waals surface area contributed by atoms with Crippen molar-refractivity contribution in [2.24, 2.45) is 17.8 Å². The average molecular weight is 989 g/mol. The highest BCUT2D eigenvalue weighted by molar-refractivity contribution is 14.1. The van der Waals surface area contributed by atoms with E-state index in [0.717, 1.165) is 5.57 Å². The van der Waals surface area contributed by atoms with Gasteiger partial charge in [0.1, 0.15) is 41.3 Å². The number of carbonyl (C=O) groups excluding carboxylic acids is 4. The molecule has 2 fully saturated rings. The van der Waals surface area contributed by atoms with Gasteiger partial charge in [0.15, 0.2) is 22.3 Å². The maximum Gasteiger partial charge on any atom is 0.342 e. The van der Waals surface area contributed by atoms with Crippen LogP contribution in [-0.2, 0) is 51.1 Å². The minimum atomic E-state index is -1.86. The lowest BCUT2D eigenvalue weighted by atomic mass is 9.78. The van der Waals surface area contributed by atoms with E-state index in [2.05, 4.69) is 0 Å². The summed E-state index contributed by atoms with van der Waals surface area (Å²) in [5.41, 5.74) is -0.853. The van der Waals surface area contributed by atoms with Gasteiger partial charge in [0, 0.05) is 36.1 Å². The first-order valence-corrected chi connectivity index (χ1v) is 22.6. The number of aliphatic hydroxyl groups is 3. The van der Waals surface area contributed by atoms with Gasteiger partial charge in [0.05, 0.1) is 31.0 Å². The number of aromatic hydroxyl groups is 1. The van der Waals surface area contributed by atoms with Gasteiger partial charge in [-0.25, -0.2) is 4.79 Å². The van der Waals surface area contributed by atoms with Gasteiger partial charge in [-0.05, 0) is 129 Å². The third-order valence-corrected chi connectivity index (χ3v) is 14.4. The number of methoxy groups -OCH3 is 1. The summed E-state index contributed by atoms with van der Waals surface area (Å²) < 4.78 is 34.4. The smallest absolute Gasteiger partial charge is 0.342 e. The van der Waals surface area contributed by atoms with Crippen molar-refractivity contribution in [3.05, 3.63) is 33.9 Å². The van der Waals surface area contributed by atoms with Crippen molar-refractivity contribution < 1.29 is 68.0 Å². The second-order valence-corrected chi connectivity index (χ2v) is 19.6. The summed E-state index contributed by atoms with van der Waals surface area (Å²) in [5, 5.41) is 46.0. The summed E-state index contributed by atoms with van der Waals surface area (Å²) in [6, 6.07) is -0.970. The number of hydrogen-bond acceptors (Lipinski definition) is 16. The van der Waals surface area contributed by atoms with Crippen LogP contribution in [0.5, 0.6) is 11.5 Å². The van der Waals surface area contributed by atoms with Crippen molar-refractivity contribution in [1.29, 1.82) is 0 Å². The van der Waals surface area contributed by atoms with Gasteiger partial charge < -0.3 is 58.6 Å². The number of allylic oxidation sites excluding steroid dienone is 2. The third-order valence-electron chi connectivity index (χ3n) is 12.9. The molecule has 2 saturated heterocycles. The van der Waals surface area contributed by atoms with Crippen LogP contribution in [0.25, 0.3) is 0 Å². The summed E-state index contributed by atoms with van der Waals surface area (Å²) in [7, 11) is 6.99. The number of phenolic OH excluding ortho intramolecular Hbond substituents is 1. The molecule has 0 spiro atoms. The van der Waals surface area contributed by atoms with Crippen LogP contribution in [0.4, 0.5) is 0 Å². The molecule has 3 heterocycles. The zero-order chi connectivity index (χ0) is 46.8. The molecule has 4 N–H and O–H groups in total. The highest BCUT2D eigenvalue weighted by Gasteiger charge is 2.51. The number of phenols is 1. The SMILES string of the molecule is COc1c(C)c2c(c(O)c1C/C=C(\C)CCC(=O)O[C@H]1[C@H](O[C@@H]3[C@@H](C)C(=O)[C@@H](C)C(=O)O[C@H](I)[C@@](C)(O)[C@H](O)[C@@H](C)N(C)C[C@H](C)C[C@@]3(C)O)O[C@H](C)C[C@@H]1N(C)C)C(=O)OC2. The predicted octanol–water partition coefficient (Wildman–Crippen LogP) is 4.38. The minimum absolute atomic E-state index is 0.0155. The van der Waals surface area contributed by atoms with Gasteiger partial charge in [-0.15, -0.1) is 0 Å². The first kappa shape index (κ1) is 51.7. The van der Waals surface area contributed by atoms with Gasteiger partial charge in [0.2, 0.25) is 0 Å². The first-order valence-electron chi connectivity index (χ1n) is 21.4. The predicted molar refractivity (Wildman–Crippen MR) is 237 cm³/mol. The Hall–Kier alpha value is -2.91. The number of esters is 3. The summed E-state index contributed by atoms with van der Waals surface area (Å²) in [5.74, 6) is -5.00. The molecule has 0 aromatic heterocycles. The number of cyclic esters (lactones) is 2. The van der Waals surface area contributed by atoms with Crippen molar-refractivity contribution in [1.82, 2.24) is 9.80 Å². The molecule has 350 valence electrons. The maximum atomic E-state index is 14.2. The monoisotopic (exact) mass is 988 g/mol. The van der Waals surface area contributed by atoms with Crippen molar-refractivity contribution in [3.63, 3.8) is 0 Å². The zero-order valence-electron chi connectivity index (χ0n) is 38.5. The van der Waals surface area contributed by atoms with E-state index in [4.69, 9.17) is 28.4 Å². The highest BCUT2D eigenvalue weighted by Crippen LogP contribution is 2.42. The number of Topliss-reactive ketones (excluding diaryl/α,β-unsaturated/α-hetero) is 1. The van der Waals surface area contributed by atoms with Gasteiger partial charge >= 0.3 is 17.9 Å². The minimum Gasteiger partial charge on any atom is -0.507 e. The summed E-state index contributed by atoms with van der Waals surface area (Å²) in [4.78, 5) is 57.5. The van der Waals surface area contributed by atoms with Crippen LogP contribution in [0.15, 0.2) is 11.6 Å². The molecule has 16 nitrogen and oxygen atoms in total. The highest BCUT2D eigenvalue weighted by atomic mass is 127. The third kappa shape index (κ3) is 11.5. The number of ether oxygens (including phenoxy) is 6. The Kier molecular flexibility index (Phi) is 17.5. The van der Waals surface area contributed by atoms with Crippen LogP contribution in [-0.4, -0.2) is 147 Å². The lowest BCUT2D eigenvalue weighted by Crippen LogP contribution is -2.60. The number of rotatable bonds is 10. The fraction of sp³-hybridized carbons (Fsp3) is 0.733. The van der Waals surface area contributed by atoms with E-state index in [-0.39, 0.29) is 55.2 Å². The van der Waals surface area contributed by atoms with E-state index in [1.54, 1.807) is 50.4 Å². The maximum absolute atomic E-state index is 14.2. The average Bonchev–Trinajstić information content (AvgIpc) is 3.59. The van der Waals surface area contributed by atoms with Crippen LogP contribution >= 0.6 is 22.6 Å². The molecule has 0 amide bonds. The molecule has 17 heteroatoms. The number of halogens is 1.